The molecule has 18 heavy (non-hydrogen) atoms. The first-order chi connectivity index (χ1) is 8.46. The number of rotatable bonds is 2. The molecule has 1 aliphatic rings. The van der Waals surface area contributed by atoms with Gasteiger partial charge in [-0.3, -0.25) is 0 Å². The topological polar surface area (TPSA) is 21.3 Å². The first-order valence-electron chi connectivity index (χ1n) is 6.50. The van der Waals surface area contributed by atoms with E-state index in [0.717, 1.165) is 23.6 Å². The van der Waals surface area contributed by atoms with Gasteiger partial charge < -0.3 is 10.1 Å². The maximum Gasteiger partial charge on any atom is 0.120 e. The molecule has 0 spiro atoms. The van der Waals surface area contributed by atoms with Crippen molar-refractivity contribution in [3.8, 4) is 5.75 Å². The van der Waals surface area contributed by atoms with Crippen LogP contribution in [-0.2, 0) is 6.42 Å². The summed E-state index contributed by atoms with van der Waals surface area (Å²) in [4.78, 5) is 0. The molecule has 1 aromatic rings. The average molecular weight is 268 g/mol. The van der Waals surface area contributed by atoms with Crippen LogP contribution in [-0.4, -0.2) is 14.2 Å². The molecular weight excluding hydrogens is 246 g/mol. The number of hydrogen-bond acceptors (Lipinski definition) is 2. The minimum absolute atomic E-state index is 0.337. The fraction of sp³-hybridized carbons (Fsp3) is 0.600. The molecule has 3 heteroatoms. The lowest BCUT2D eigenvalue weighted by atomic mass is 9.83. The fourth-order valence-corrected chi connectivity index (χ4v) is 3.12. The molecule has 0 saturated heterocycles. The van der Waals surface area contributed by atoms with Crippen LogP contribution in [0.15, 0.2) is 12.1 Å². The summed E-state index contributed by atoms with van der Waals surface area (Å²) in [6, 6.07) is 4.40. The molecule has 1 aliphatic carbocycles. The van der Waals surface area contributed by atoms with E-state index in [0.29, 0.717) is 11.5 Å². The highest BCUT2D eigenvalue weighted by Gasteiger charge is 2.30. The van der Waals surface area contributed by atoms with Gasteiger partial charge in [-0.15, -0.1) is 0 Å². The molecular formula is C15H22ClNO. The van der Waals surface area contributed by atoms with Crippen LogP contribution >= 0.6 is 11.6 Å². The van der Waals surface area contributed by atoms with E-state index in [4.69, 9.17) is 16.3 Å². The lowest BCUT2D eigenvalue weighted by molar-refractivity contribution is 0.279. The SMILES string of the molecule is CNC1CC(C)(C)CCc2c(Cl)cc(OC)cc21. The van der Waals surface area contributed by atoms with Gasteiger partial charge in [0.05, 0.1) is 7.11 Å². The maximum atomic E-state index is 6.41. The van der Waals surface area contributed by atoms with E-state index in [1.807, 2.05) is 13.1 Å². The standard InChI is InChI=1S/C15H22ClNO/c1-15(2)6-5-11-12(14(9-15)17-3)7-10(18-4)8-13(11)16/h7-8,14,17H,5-6,9H2,1-4H3. The molecule has 0 saturated carbocycles. The Bertz CT molecular complexity index is 442. The van der Waals surface area contributed by atoms with Crippen molar-refractivity contribution in [3.63, 3.8) is 0 Å². The van der Waals surface area contributed by atoms with Gasteiger partial charge in [-0.2, -0.15) is 0 Å². The molecule has 0 amide bonds. The van der Waals surface area contributed by atoms with E-state index in [1.165, 1.54) is 17.5 Å². The van der Waals surface area contributed by atoms with Crippen LogP contribution in [0, 0.1) is 5.41 Å². The highest BCUT2D eigenvalue weighted by molar-refractivity contribution is 6.31. The lowest BCUT2D eigenvalue weighted by Gasteiger charge is -2.26. The minimum atomic E-state index is 0.337. The van der Waals surface area contributed by atoms with E-state index >= 15 is 0 Å². The van der Waals surface area contributed by atoms with Gasteiger partial charge in [-0.25, -0.2) is 0 Å². The highest BCUT2D eigenvalue weighted by atomic mass is 35.5. The van der Waals surface area contributed by atoms with Gasteiger partial charge in [-0.05, 0) is 55.0 Å². The van der Waals surface area contributed by atoms with Crippen molar-refractivity contribution in [2.75, 3.05) is 14.2 Å². The highest BCUT2D eigenvalue weighted by Crippen LogP contribution is 2.42. The summed E-state index contributed by atoms with van der Waals surface area (Å²) >= 11 is 6.41. The van der Waals surface area contributed by atoms with E-state index < -0.39 is 0 Å². The van der Waals surface area contributed by atoms with Gasteiger partial charge in [0.15, 0.2) is 0 Å². The predicted molar refractivity (Wildman–Crippen MR) is 76.5 cm³/mol. The third-order valence-electron chi connectivity index (χ3n) is 3.97. The molecule has 2 nitrogen and oxygen atoms in total. The van der Waals surface area contributed by atoms with Crippen LogP contribution in [0.2, 0.25) is 5.02 Å². The van der Waals surface area contributed by atoms with Gasteiger partial charge in [0.25, 0.3) is 0 Å². The third kappa shape index (κ3) is 2.65. The number of hydrogen-bond donors (Lipinski definition) is 1. The van der Waals surface area contributed by atoms with Crippen LogP contribution in [0.4, 0.5) is 0 Å². The van der Waals surface area contributed by atoms with Crippen molar-refractivity contribution in [2.24, 2.45) is 5.41 Å². The Balaban J connectivity index is 2.50. The van der Waals surface area contributed by atoms with Crippen molar-refractivity contribution >= 4 is 11.6 Å². The van der Waals surface area contributed by atoms with Crippen molar-refractivity contribution < 1.29 is 4.74 Å². The number of benzene rings is 1. The van der Waals surface area contributed by atoms with E-state index in [2.05, 4.69) is 25.2 Å². The maximum absolute atomic E-state index is 6.41. The zero-order valence-electron chi connectivity index (χ0n) is 11.6. The fourth-order valence-electron chi connectivity index (χ4n) is 2.81. The summed E-state index contributed by atoms with van der Waals surface area (Å²) in [5, 5.41) is 4.26. The average Bonchev–Trinajstić information content (AvgIpc) is 2.46. The Kier molecular flexibility index (Phi) is 3.88. The van der Waals surface area contributed by atoms with Crippen molar-refractivity contribution in [3.05, 3.63) is 28.3 Å². The minimum Gasteiger partial charge on any atom is -0.497 e. The van der Waals surface area contributed by atoms with Crippen molar-refractivity contribution in [1.29, 1.82) is 0 Å². The van der Waals surface area contributed by atoms with Crippen molar-refractivity contribution in [1.82, 2.24) is 5.32 Å². The zero-order valence-corrected chi connectivity index (χ0v) is 12.4. The van der Waals surface area contributed by atoms with E-state index in [1.54, 1.807) is 7.11 Å². The Hall–Kier alpha value is -0.730. The Morgan fingerprint density at radius 3 is 2.72 bits per heavy atom. The Morgan fingerprint density at radius 2 is 2.11 bits per heavy atom. The molecule has 0 radical (unpaired) electrons. The molecule has 2 rings (SSSR count). The van der Waals surface area contributed by atoms with Crippen LogP contribution in [0.5, 0.6) is 5.75 Å². The summed E-state index contributed by atoms with van der Waals surface area (Å²) in [6.45, 7) is 4.66. The van der Waals surface area contributed by atoms with Crippen LogP contribution in [0.3, 0.4) is 0 Å². The molecule has 0 fully saturated rings. The summed E-state index contributed by atoms with van der Waals surface area (Å²) < 4.78 is 5.33. The van der Waals surface area contributed by atoms with Crippen molar-refractivity contribution in [2.45, 2.75) is 39.2 Å². The van der Waals surface area contributed by atoms with Crippen LogP contribution in [0.25, 0.3) is 0 Å². The van der Waals surface area contributed by atoms with E-state index in [9.17, 15) is 0 Å². The van der Waals surface area contributed by atoms with E-state index in [-0.39, 0.29) is 0 Å². The lowest BCUT2D eigenvalue weighted by Crippen LogP contribution is -2.22. The summed E-state index contributed by atoms with van der Waals surface area (Å²) in [6.07, 6.45) is 3.34. The second kappa shape index (κ2) is 5.10. The van der Waals surface area contributed by atoms with Gasteiger partial charge in [-0.1, -0.05) is 25.4 Å². The molecule has 100 valence electrons. The molecule has 1 unspecified atom stereocenters. The third-order valence-corrected chi connectivity index (χ3v) is 4.31. The van der Waals surface area contributed by atoms with Gasteiger partial charge in [0.2, 0.25) is 0 Å². The Labute approximate surface area is 115 Å². The zero-order chi connectivity index (χ0) is 13.3. The number of ether oxygens (including phenoxy) is 1. The normalized spacial score (nSPS) is 22.2. The molecule has 1 N–H and O–H groups in total. The molecule has 0 bridgehead atoms. The monoisotopic (exact) mass is 267 g/mol. The number of halogens is 1. The smallest absolute Gasteiger partial charge is 0.120 e. The van der Waals surface area contributed by atoms with Gasteiger partial charge >= 0.3 is 0 Å². The molecule has 0 aliphatic heterocycles. The quantitative estimate of drug-likeness (QED) is 0.819. The van der Waals surface area contributed by atoms with Crippen LogP contribution in [0.1, 0.15) is 43.9 Å². The largest absolute Gasteiger partial charge is 0.497 e. The Morgan fingerprint density at radius 1 is 1.39 bits per heavy atom. The summed E-state index contributed by atoms with van der Waals surface area (Å²) in [5.41, 5.74) is 2.92. The number of methoxy groups -OCH3 is 1. The first kappa shape index (κ1) is 13.7. The summed E-state index contributed by atoms with van der Waals surface area (Å²) in [5.74, 6) is 0.846. The van der Waals surface area contributed by atoms with Gasteiger partial charge in [0, 0.05) is 11.1 Å². The first-order valence-corrected chi connectivity index (χ1v) is 6.88. The summed E-state index contributed by atoms with van der Waals surface area (Å²) in [7, 11) is 3.70. The van der Waals surface area contributed by atoms with Gasteiger partial charge in [0.1, 0.15) is 5.75 Å². The molecule has 0 heterocycles. The molecule has 0 aromatic heterocycles. The number of fused-ring (bicyclic) bond motifs is 1. The second-order valence-corrected chi connectivity index (χ2v) is 6.29. The second-order valence-electron chi connectivity index (χ2n) is 5.89. The predicted octanol–water partition coefficient (Wildman–Crippen LogP) is 3.97. The molecule has 1 atom stereocenters. The molecule has 1 aromatic carbocycles. The van der Waals surface area contributed by atoms with Crippen LogP contribution < -0.4 is 10.1 Å². The number of nitrogens with one attached hydrogen (secondary N) is 1.